The third kappa shape index (κ3) is 3.53. The number of benzene rings is 2. The van der Waals surface area contributed by atoms with Crippen LogP contribution in [0.4, 0.5) is 17.1 Å². The lowest BCUT2D eigenvalue weighted by Gasteiger charge is -2.14. The Balaban J connectivity index is 2.23. The molecule has 0 aliphatic heterocycles. The molecule has 19 heavy (non-hydrogen) atoms. The van der Waals surface area contributed by atoms with Crippen molar-refractivity contribution in [3.8, 4) is 5.75 Å². The molecule has 0 fully saturated rings. The van der Waals surface area contributed by atoms with Crippen molar-refractivity contribution < 1.29 is 4.74 Å². The van der Waals surface area contributed by atoms with Crippen LogP contribution in [0.2, 0.25) is 0 Å². The van der Waals surface area contributed by atoms with Gasteiger partial charge in [-0.2, -0.15) is 0 Å². The zero-order chi connectivity index (χ0) is 13.7. The van der Waals surface area contributed by atoms with Crippen molar-refractivity contribution in [3.63, 3.8) is 0 Å². The third-order valence-electron chi connectivity index (χ3n) is 2.67. The summed E-state index contributed by atoms with van der Waals surface area (Å²) in [7, 11) is 0. The summed E-state index contributed by atoms with van der Waals surface area (Å²) in [6.07, 6.45) is 0.966. The van der Waals surface area contributed by atoms with Crippen molar-refractivity contribution in [2.75, 3.05) is 17.7 Å². The van der Waals surface area contributed by atoms with Gasteiger partial charge < -0.3 is 15.8 Å². The maximum Gasteiger partial charge on any atom is 0.144 e. The Morgan fingerprint density at radius 3 is 2.58 bits per heavy atom. The summed E-state index contributed by atoms with van der Waals surface area (Å²) in [4.78, 5) is 0. The lowest BCUT2D eigenvalue weighted by Crippen LogP contribution is -2.02. The van der Waals surface area contributed by atoms with E-state index in [1.54, 1.807) is 0 Å². The van der Waals surface area contributed by atoms with Gasteiger partial charge >= 0.3 is 0 Å². The number of anilines is 3. The van der Waals surface area contributed by atoms with E-state index < -0.39 is 0 Å². The molecule has 100 valence electrons. The number of nitrogens with one attached hydrogen (secondary N) is 1. The van der Waals surface area contributed by atoms with Gasteiger partial charge in [0.05, 0.1) is 23.7 Å². The monoisotopic (exact) mass is 368 g/mol. The van der Waals surface area contributed by atoms with Crippen LogP contribution < -0.4 is 15.8 Å². The first-order valence-corrected chi connectivity index (χ1v) is 7.33. The van der Waals surface area contributed by atoms with Crippen molar-refractivity contribution in [1.82, 2.24) is 0 Å². The van der Waals surface area contributed by atoms with Crippen molar-refractivity contribution >= 4 is 39.7 Å². The number of halogens is 1. The van der Waals surface area contributed by atoms with Crippen LogP contribution in [0.25, 0.3) is 0 Å². The van der Waals surface area contributed by atoms with Crippen LogP contribution in [0.5, 0.6) is 5.75 Å². The quantitative estimate of drug-likeness (QED) is 0.607. The maximum absolute atomic E-state index is 6.13. The van der Waals surface area contributed by atoms with Gasteiger partial charge in [0.1, 0.15) is 5.75 Å². The first kappa shape index (κ1) is 14.0. The Morgan fingerprint density at radius 1 is 1.11 bits per heavy atom. The molecule has 2 rings (SSSR count). The Bertz CT molecular complexity index is 558. The molecular formula is C15H17IN2O. The molecule has 0 spiro atoms. The smallest absolute Gasteiger partial charge is 0.144 e. The molecule has 0 amide bonds. The highest BCUT2D eigenvalue weighted by Crippen LogP contribution is 2.32. The molecule has 4 heteroatoms. The molecule has 0 radical (unpaired) electrons. The van der Waals surface area contributed by atoms with Gasteiger partial charge in [0, 0.05) is 3.57 Å². The van der Waals surface area contributed by atoms with Gasteiger partial charge in [-0.05, 0) is 53.3 Å². The van der Waals surface area contributed by atoms with Crippen LogP contribution in [0.15, 0.2) is 42.5 Å². The third-order valence-corrected chi connectivity index (χ3v) is 3.61. The highest BCUT2D eigenvalue weighted by molar-refractivity contribution is 14.1. The highest BCUT2D eigenvalue weighted by atomic mass is 127. The Kier molecular flexibility index (Phi) is 4.90. The van der Waals surface area contributed by atoms with Crippen molar-refractivity contribution in [1.29, 1.82) is 0 Å². The van der Waals surface area contributed by atoms with E-state index in [9.17, 15) is 0 Å². The second-order valence-corrected chi connectivity index (χ2v) is 5.33. The minimum atomic E-state index is 0.649. The van der Waals surface area contributed by atoms with E-state index in [1.165, 1.54) is 0 Å². The van der Waals surface area contributed by atoms with Crippen LogP contribution in [-0.2, 0) is 0 Å². The number of para-hydroxylation sites is 2. The van der Waals surface area contributed by atoms with Crippen LogP contribution in [0, 0.1) is 3.57 Å². The zero-order valence-corrected chi connectivity index (χ0v) is 13.0. The Labute approximate surface area is 127 Å². The normalized spacial score (nSPS) is 10.2. The molecule has 0 aliphatic rings. The molecule has 0 bridgehead atoms. The van der Waals surface area contributed by atoms with Crippen molar-refractivity contribution in [2.45, 2.75) is 13.3 Å². The average molecular weight is 368 g/mol. The van der Waals surface area contributed by atoms with E-state index in [0.29, 0.717) is 12.3 Å². The van der Waals surface area contributed by atoms with E-state index in [2.05, 4.69) is 40.9 Å². The summed E-state index contributed by atoms with van der Waals surface area (Å²) in [5.74, 6) is 0.734. The second-order valence-electron chi connectivity index (χ2n) is 4.17. The maximum atomic E-state index is 6.13. The molecule has 0 heterocycles. The van der Waals surface area contributed by atoms with E-state index >= 15 is 0 Å². The average Bonchev–Trinajstić information content (AvgIpc) is 2.42. The summed E-state index contributed by atoms with van der Waals surface area (Å²) >= 11 is 2.30. The predicted octanol–water partition coefficient (Wildman–Crippen LogP) is 4.41. The Morgan fingerprint density at radius 2 is 1.84 bits per heavy atom. The topological polar surface area (TPSA) is 47.3 Å². The molecule has 2 aromatic carbocycles. The van der Waals surface area contributed by atoms with Crippen molar-refractivity contribution in [3.05, 3.63) is 46.0 Å². The Hall–Kier alpha value is -1.43. The summed E-state index contributed by atoms with van der Waals surface area (Å²) in [5.41, 5.74) is 8.70. The number of hydrogen-bond acceptors (Lipinski definition) is 3. The largest absolute Gasteiger partial charge is 0.491 e. The molecule has 2 aromatic rings. The molecule has 0 saturated heterocycles. The minimum Gasteiger partial charge on any atom is -0.491 e. The van der Waals surface area contributed by atoms with Crippen LogP contribution >= 0.6 is 22.6 Å². The van der Waals surface area contributed by atoms with E-state index in [0.717, 1.165) is 27.1 Å². The standard InChI is InChI=1S/C15H17IN2O/c1-2-10-19-14-9-5-8-13(15(14)17)18-12-7-4-3-6-11(12)16/h3-9,18H,2,10,17H2,1H3. The van der Waals surface area contributed by atoms with E-state index in [4.69, 9.17) is 10.5 Å². The molecule has 0 saturated carbocycles. The fraction of sp³-hybridized carbons (Fsp3) is 0.200. The minimum absolute atomic E-state index is 0.649. The van der Waals surface area contributed by atoms with Gasteiger partial charge in [0.2, 0.25) is 0 Å². The summed E-state index contributed by atoms with van der Waals surface area (Å²) in [6.45, 7) is 2.75. The molecular weight excluding hydrogens is 351 g/mol. The number of nitrogens with two attached hydrogens (primary N) is 1. The summed E-state index contributed by atoms with van der Waals surface area (Å²) < 4.78 is 6.78. The molecule has 3 N–H and O–H groups in total. The van der Waals surface area contributed by atoms with Gasteiger partial charge in [-0.25, -0.2) is 0 Å². The first-order chi connectivity index (χ1) is 9.22. The molecule has 3 nitrogen and oxygen atoms in total. The fourth-order valence-corrected chi connectivity index (χ4v) is 2.22. The molecule has 0 aliphatic carbocycles. The summed E-state index contributed by atoms with van der Waals surface area (Å²) in [5, 5.41) is 3.34. The van der Waals surface area contributed by atoms with Crippen molar-refractivity contribution in [2.24, 2.45) is 0 Å². The predicted molar refractivity (Wildman–Crippen MR) is 89.1 cm³/mol. The highest BCUT2D eigenvalue weighted by Gasteiger charge is 2.07. The fourth-order valence-electron chi connectivity index (χ4n) is 1.70. The molecule has 0 aromatic heterocycles. The van der Waals surface area contributed by atoms with Gasteiger partial charge in [0.15, 0.2) is 0 Å². The van der Waals surface area contributed by atoms with Gasteiger partial charge in [0.25, 0.3) is 0 Å². The second kappa shape index (κ2) is 6.65. The van der Waals surface area contributed by atoms with Gasteiger partial charge in [-0.3, -0.25) is 0 Å². The van der Waals surface area contributed by atoms with Gasteiger partial charge in [-0.1, -0.05) is 25.1 Å². The molecule has 0 unspecified atom stereocenters. The van der Waals surface area contributed by atoms with Gasteiger partial charge in [-0.15, -0.1) is 0 Å². The lowest BCUT2D eigenvalue weighted by molar-refractivity contribution is 0.319. The zero-order valence-electron chi connectivity index (χ0n) is 10.8. The van der Waals surface area contributed by atoms with E-state index in [-0.39, 0.29) is 0 Å². The number of ether oxygens (including phenoxy) is 1. The van der Waals surface area contributed by atoms with Crippen LogP contribution in [-0.4, -0.2) is 6.61 Å². The summed E-state index contributed by atoms with van der Waals surface area (Å²) in [6, 6.07) is 13.9. The number of nitrogen functional groups attached to an aromatic ring is 1. The molecule has 0 atom stereocenters. The van der Waals surface area contributed by atoms with Crippen LogP contribution in [0.3, 0.4) is 0 Å². The number of rotatable bonds is 5. The first-order valence-electron chi connectivity index (χ1n) is 6.25. The number of hydrogen-bond donors (Lipinski definition) is 2. The van der Waals surface area contributed by atoms with Crippen LogP contribution in [0.1, 0.15) is 13.3 Å². The van der Waals surface area contributed by atoms with E-state index in [1.807, 2.05) is 36.4 Å². The SMILES string of the molecule is CCCOc1cccc(Nc2ccccc2I)c1N. The lowest BCUT2D eigenvalue weighted by atomic mass is 10.2.